The number of esters is 1. The van der Waals surface area contributed by atoms with Crippen LogP contribution in [0.1, 0.15) is 42.5 Å². The Balaban J connectivity index is 1.75. The molecule has 1 unspecified atom stereocenters. The molecule has 0 aromatic carbocycles. The molecule has 6 nitrogen and oxygen atoms in total. The molecule has 1 aromatic heterocycles. The second-order valence-electron chi connectivity index (χ2n) is 5.49. The maximum atomic E-state index is 12.3. The first kappa shape index (κ1) is 17.5. The van der Waals surface area contributed by atoms with Gasteiger partial charge >= 0.3 is 5.97 Å². The predicted molar refractivity (Wildman–Crippen MR) is 87.3 cm³/mol. The van der Waals surface area contributed by atoms with Crippen molar-refractivity contribution in [1.82, 2.24) is 10.2 Å². The molecule has 1 fully saturated rings. The number of carbonyl (C=O) groups excluding carboxylic acids is 3. The molecule has 0 aliphatic carbocycles. The fourth-order valence-electron chi connectivity index (χ4n) is 2.69. The van der Waals surface area contributed by atoms with Gasteiger partial charge in [-0.1, -0.05) is 0 Å². The van der Waals surface area contributed by atoms with E-state index in [1.165, 1.54) is 18.4 Å². The predicted octanol–water partition coefficient (Wildman–Crippen LogP) is 1.81. The Hall–Kier alpha value is -1.89. The van der Waals surface area contributed by atoms with Crippen molar-refractivity contribution in [1.29, 1.82) is 0 Å². The minimum Gasteiger partial charge on any atom is -0.467 e. The molecule has 23 heavy (non-hydrogen) atoms. The van der Waals surface area contributed by atoms with Gasteiger partial charge in [0.15, 0.2) is 0 Å². The molecule has 7 heteroatoms. The van der Waals surface area contributed by atoms with Crippen LogP contribution in [0.2, 0.25) is 0 Å². The van der Waals surface area contributed by atoms with Crippen LogP contribution in [-0.2, 0) is 14.3 Å². The normalized spacial score (nSPS) is 17.6. The lowest BCUT2D eigenvalue weighted by atomic mass is 10.0. The molecule has 2 amide bonds. The average Bonchev–Trinajstić information content (AvgIpc) is 3.12. The number of nitrogens with one attached hydrogen (secondary N) is 1. The zero-order valence-electron chi connectivity index (χ0n) is 13.2. The van der Waals surface area contributed by atoms with Crippen molar-refractivity contribution >= 4 is 29.1 Å². The zero-order valence-corrected chi connectivity index (χ0v) is 14.1. The summed E-state index contributed by atoms with van der Waals surface area (Å²) in [5, 5.41) is 6.43. The van der Waals surface area contributed by atoms with E-state index in [1.807, 2.05) is 5.38 Å². The smallest absolute Gasteiger partial charge is 0.328 e. The Bertz CT molecular complexity index is 544. The third kappa shape index (κ3) is 4.79. The molecular formula is C16H22N2O4S. The molecular weight excluding hydrogens is 316 g/mol. The van der Waals surface area contributed by atoms with E-state index in [2.05, 4.69) is 5.32 Å². The highest BCUT2D eigenvalue weighted by molar-refractivity contribution is 7.08. The van der Waals surface area contributed by atoms with Crippen molar-refractivity contribution in [3.63, 3.8) is 0 Å². The molecule has 1 atom stereocenters. The molecule has 0 bridgehead atoms. The van der Waals surface area contributed by atoms with Crippen LogP contribution in [0.3, 0.4) is 0 Å². The van der Waals surface area contributed by atoms with Crippen LogP contribution in [0, 0.1) is 0 Å². The number of thiophene rings is 1. The number of nitrogens with zero attached hydrogens (tertiary/aromatic N) is 1. The summed E-state index contributed by atoms with van der Waals surface area (Å²) in [7, 11) is 1.35. The fraction of sp³-hybridized carbons (Fsp3) is 0.562. The van der Waals surface area contributed by atoms with Crippen LogP contribution in [-0.4, -0.2) is 48.9 Å². The highest BCUT2D eigenvalue weighted by Crippen LogP contribution is 2.19. The summed E-state index contributed by atoms with van der Waals surface area (Å²) in [6.45, 7) is 1.04. The van der Waals surface area contributed by atoms with Gasteiger partial charge in [-0.05, 0) is 37.1 Å². The summed E-state index contributed by atoms with van der Waals surface area (Å²) in [6.07, 6.45) is 3.37. The molecule has 1 aliphatic rings. The second-order valence-corrected chi connectivity index (χ2v) is 6.27. The molecule has 1 N–H and O–H groups in total. The first-order valence-corrected chi connectivity index (χ1v) is 8.75. The Kier molecular flexibility index (Phi) is 6.58. The summed E-state index contributed by atoms with van der Waals surface area (Å²) in [4.78, 5) is 37.5. The van der Waals surface area contributed by atoms with Crippen LogP contribution < -0.4 is 5.32 Å². The Labute approximate surface area is 139 Å². The van der Waals surface area contributed by atoms with Gasteiger partial charge in [0.2, 0.25) is 5.91 Å². The van der Waals surface area contributed by atoms with E-state index in [9.17, 15) is 14.4 Å². The summed E-state index contributed by atoms with van der Waals surface area (Å²) < 4.78 is 4.78. The summed E-state index contributed by atoms with van der Waals surface area (Å²) in [5.74, 6) is -0.516. The summed E-state index contributed by atoms with van der Waals surface area (Å²) in [6, 6.07) is 1.31. The highest BCUT2D eigenvalue weighted by atomic mass is 32.1. The number of likely N-dealkylation sites (tertiary alicyclic amines) is 1. The van der Waals surface area contributed by atoms with E-state index < -0.39 is 6.04 Å². The maximum absolute atomic E-state index is 12.3. The molecule has 0 spiro atoms. The number of rotatable bonds is 6. The number of ether oxygens (including phenoxy) is 1. The SMILES string of the molecule is COC(=O)C1CCCCN1C(=O)CCCNC(=O)c1ccsc1. The Morgan fingerprint density at radius 2 is 2.22 bits per heavy atom. The lowest BCUT2D eigenvalue weighted by molar-refractivity contribution is -0.154. The van der Waals surface area contributed by atoms with Crippen molar-refractivity contribution in [3.8, 4) is 0 Å². The van der Waals surface area contributed by atoms with Crippen LogP contribution in [0.15, 0.2) is 16.8 Å². The number of hydrogen-bond donors (Lipinski definition) is 1. The minimum atomic E-state index is -0.457. The standard InChI is InChI=1S/C16H22N2O4S/c1-22-16(21)13-5-2-3-9-18(13)14(19)6-4-8-17-15(20)12-7-10-23-11-12/h7,10-11,13H,2-6,8-9H2,1H3,(H,17,20). The molecule has 126 valence electrons. The number of methoxy groups -OCH3 is 1. The summed E-state index contributed by atoms with van der Waals surface area (Å²) in [5.41, 5.74) is 0.642. The molecule has 1 aliphatic heterocycles. The van der Waals surface area contributed by atoms with Gasteiger partial charge in [0.25, 0.3) is 5.91 Å². The van der Waals surface area contributed by atoms with Gasteiger partial charge in [0.05, 0.1) is 7.11 Å². The monoisotopic (exact) mass is 338 g/mol. The van der Waals surface area contributed by atoms with E-state index in [4.69, 9.17) is 4.74 Å². The largest absolute Gasteiger partial charge is 0.467 e. The Morgan fingerprint density at radius 1 is 1.39 bits per heavy atom. The van der Waals surface area contributed by atoms with Gasteiger partial charge < -0.3 is 15.0 Å². The van der Waals surface area contributed by atoms with E-state index in [0.717, 1.165) is 12.8 Å². The van der Waals surface area contributed by atoms with Crippen molar-refractivity contribution in [2.75, 3.05) is 20.2 Å². The van der Waals surface area contributed by atoms with Gasteiger partial charge in [-0.3, -0.25) is 9.59 Å². The molecule has 1 aromatic rings. The van der Waals surface area contributed by atoms with Gasteiger partial charge in [-0.15, -0.1) is 0 Å². The minimum absolute atomic E-state index is 0.0510. The first-order chi connectivity index (χ1) is 11.1. The van der Waals surface area contributed by atoms with E-state index in [-0.39, 0.29) is 17.8 Å². The van der Waals surface area contributed by atoms with E-state index in [1.54, 1.807) is 16.3 Å². The molecule has 0 saturated carbocycles. The van der Waals surface area contributed by atoms with Crippen LogP contribution in [0.25, 0.3) is 0 Å². The van der Waals surface area contributed by atoms with Crippen LogP contribution in [0.4, 0.5) is 0 Å². The third-order valence-electron chi connectivity index (χ3n) is 3.93. The van der Waals surface area contributed by atoms with Crippen LogP contribution in [0.5, 0.6) is 0 Å². The number of piperidine rings is 1. The second kappa shape index (κ2) is 8.67. The van der Waals surface area contributed by atoms with E-state index >= 15 is 0 Å². The van der Waals surface area contributed by atoms with E-state index in [0.29, 0.717) is 37.9 Å². The van der Waals surface area contributed by atoms with Gasteiger partial charge in [-0.2, -0.15) is 11.3 Å². The Morgan fingerprint density at radius 3 is 2.91 bits per heavy atom. The van der Waals surface area contributed by atoms with Crippen molar-refractivity contribution in [2.45, 2.75) is 38.1 Å². The molecule has 2 heterocycles. The van der Waals surface area contributed by atoms with Crippen molar-refractivity contribution in [3.05, 3.63) is 22.4 Å². The van der Waals surface area contributed by atoms with Gasteiger partial charge in [0, 0.05) is 30.5 Å². The first-order valence-electron chi connectivity index (χ1n) is 7.81. The zero-order chi connectivity index (χ0) is 16.7. The molecule has 2 rings (SSSR count). The number of amides is 2. The lowest BCUT2D eigenvalue weighted by Crippen LogP contribution is -2.48. The summed E-state index contributed by atoms with van der Waals surface area (Å²) >= 11 is 1.47. The maximum Gasteiger partial charge on any atom is 0.328 e. The van der Waals surface area contributed by atoms with Gasteiger partial charge in [-0.25, -0.2) is 4.79 Å². The average molecular weight is 338 g/mol. The molecule has 0 radical (unpaired) electrons. The fourth-order valence-corrected chi connectivity index (χ4v) is 3.33. The van der Waals surface area contributed by atoms with Crippen molar-refractivity contribution in [2.24, 2.45) is 0 Å². The van der Waals surface area contributed by atoms with Crippen molar-refractivity contribution < 1.29 is 19.1 Å². The quantitative estimate of drug-likeness (QED) is 0.634. The molecule has 1 saturated heterocycles. The topological polar surface area (TPSA) is 75.7 Å². The third-order valence-corrected chi connectivity index (χ3v) is 4.62. The van der Waals surface area contributed by atoms with Crippen LogP contribution >= 0.6 is 11.3 Å². The lowest BCUT2D eigenvalue weighted by Gasteiger charge is -2.33. The highest BCUT2D eigenvalue weighted by Gasteiger charge is 2.32. The van der Waals surface area contributed by atoms with Gasteiger partial charge in [0.1, 0.15) is 6.04 Å². The number of hydrogen-bond acceptors (Lipinski definition) is 5. The number of carbonyl (C=O) groups is 3.